The minimum atomic E-state index is 0.122. The summed E-state index contributed by atoms with van der Waals surface area (Å²) in [6.07, 6.45) is 10.0. The number of aromatic nitrogens is 1. The van der Waals surface area contributed by atoms with Crippen LogP contribution in [0.15, 0.2) is 18.3 Å². The maximum atomic E-state index is 12.3. The van der Waals surface area contributed by atoms with Gasteiger partial charge in [0.1, 0.15) is 5.82 Å². The summed E-state index contributed by atoms with van der Waals surface area (Å²) in [6, 6.07) is 3.73. The second-order valence-corrected chi connectivity index (χ2v) is 6.10. The summed E-state index contributed by atoms with van der Waals surface area (Å²) in [4.78, 5) is 16.5. The number of nitrogens with two attached hydrogens (primary N) is 1. The molecule has 0 spiro atoms. The van der Waals surface area contributed by atoms with E-state index in [1.165, 1.54) is 32.1 Å². The Morgan fingerprint density at radius 3 is 2.67 bits per heavy atom. The van der Waals surface area contributed by atoms with Gasteiger partial charge in [0.15, 0.2) is 0 Å². The molecule has 1 aliphatic rings. The van der Waals surface area contributed by atoms with Crippen molar-refractivity contribution in [2.24, 2.45) is 17.6 Å². The summed E-state index contributed by atoms with van der Waals surface area (Å²) in [7, 11) is 0. The van der Waals surface area contributed by atoms with Crippen LogP contribution in [-0.4, -0.2) is 10.9 Å². The lowest BCUT2D eigenvalue weighted by molar-refractivity contribution is -0.121. The first-order valence-corrected chi connectivity index (χ1v) is 8.18. The minimum Gasteiger partial charge on any atom is -0.326 e. The number of carbonyl (C=O) groups is 1. The van der Waals surface area contributed by atoms with Gasteiger partial charge in [-0.05, 0) is 43.2 Å². The lowest BCUT2D eigenvalue weighted by Crippen LogP contribution is -2.27. The van der Waals surface area contributed by atoms with Gasteiger partial charge in [-0.3, -0.25) is 4.79 Å². The first kappa shape index (κ1) is 16.0. The van der Waals surface area contributed by atoms with Gasteiger partial charge in [-0.1, -0.05) is 32.3 Å². The number of unbranched alkanes of at least 4 members (excludes halogenated alkanes) is 1. The van der Waals surface area contributed by atoms with Crippen molar-refractivity contribution in [2.75, 3.05) is 5.32 Å². The highest BCUT2D eigenvalue weighted by molar-refractivity contribution is 5.91. The average molecular weight is 289 g/mol. The van der Waals surface area contributed by atoms with Gasteiger partial charge in [0.25, 0.3) is 0 Å². The molecule has 0 aliphatic heterocycles. The van der Waals surface area contributed by atoms with Gasteiger partial charge >= 0.3 is 0 Å². The summed E-state index contributed by atoms with van der Waals surface area (Å²) in [6.45, 7) is 2.71. The first-order chi connectivity index (χ1) is 10.2. The van der Waals surface area contributed by atoms with Crippen molar-refractivity contribution in [3.05, 3.63) is 23.9 Å². The highest BCUT2D eigenvalue weighted by Gasteiger charge is 2.26. The smallest absolute Gasteiger partial charge is 0.228 e. The maximum absolute atomic E-state index is 12.3. The molecule has 1 fully saturated rings. The number of rotatable bonds is 6. The normalized spacial score (nSPS) is 22.0. The van der Waals surface area contributed by atoms with Crippen LogP contribution in [0, 0.1) is 11.8 Å². The second-order valence-electron chi connectivity index (χ2n) is 6.10. The summed E-state index contributed by atoms with van der Waals surface area (Å²) in [5.41, 5.74) is 6.51. The lowest BCUT2D eigenvalue weighted by Gasteiger charge is -2.27. The van der Waals surface area contributed by atoms with E-state index in [0.717, 1.165) is 24.3 Å². The Labute approximate surface area is 127 Å². The van der Waals surface area contributed by atoms with Crippen LogP contribution in [0.3, 0.4) is 0 Å². The number of nitrogens with zero attached hydrogens (tertiary/aromatic N) is 1. The van der Waals surface area contributed by atoms with E-state index in [0.29, 0.717) is 12.4 Å². The van der Waals surface area contributed by atoms with Crippen molar-refractivity contribution >= 4 is 11.7 Å². The summed E-state index contributed by atoms with van der Waals surface area (Å²) < 4.78 is 0. The molecule has 1 aliphatic carbocycles. The number of amides is 1. The number of hydrogen-bond acceptors (Lipinski definition) is 3. The predicted octanol–water partition coefficient (Wildman–Crippen LogP) is 3.48. The van der Waals surface area contributed by atoms with Crippen molar-refractivity contribution in [2.45, 2.75) is 58.4 Å². The fourth-order valence-corrected chi connectivity index (χ4v) is 3.05. The molecule has 1 heterocycles. The van der Waals surface area contributed by atoms with E-state index >= 15 is 0 Å². The molecule has 3 N–H and O–H groups in total. The first-order valence-electron chi connectivity index (χ1n) is 8.18. The van der Waals surface area contributed by atoms with E-state index in [1.54, 1.807) is 6.20 Å². The number of carbonyl (C=O) groups excluding carboxylic acids is 1. The van der Waals surface area contributed by atoms with Crippen molar-refractivity contribution in [1.29, 1.82) is 0 Å². The standard InChI is InChI=1S/C17H27N3O/c1-2-3-4-13-5-8-15(9-6-13)17(21)20-16-10-7-14(11-18)12-19-16/h7,10,12-13,15H,2-6,8-9,11,18H2,1H3,(H,19,20,21). The molecular formula is C17H27N3O. The third-order valence-electron chi connectivity index (χ3n) is 4.50. The van der Waals surface area contributed by atoms with Crippen LogP contribution in [0.25, 0.3) is 0 Å². The van der Waals surface area contributed by atoms with E-state index in [-0.39, 0.29) is 11.8 Å². The summed E-state index contributed by atoms with van der Waals surface area (Å²) in [5.74, 6) is 1.73. The van der Waals surface area contributed by atoms with E-state index in [4.69, 9.17) is 5.73 Å². The number of nitrogens with one attached hydrogen (secondary N) is 1. The van der Waals surface area contributed by atoms with Gasteiger partial charge in [0.2, 0.25) is 5.91 Å². The highest BCUT2D eigenvalue weighted by atomic mass is 16.1. The molecule has 4 nitrogen and oxygen atoms in total. The van der Waals surface area contributed by atoms with Crippen LogP contribution in [0.5, 0.6) is 0 Å². The van der Waals surface area contributed by atoms with Gasteiger partial charge in [-0.2, -0.15) is 0 Å². The zero-order chi connectivity index (χ0) is 15.1. The Morgan fingerprint density at radius 2 is 2.10 bits per heavy atom. The molecule has 21 heavy (non-hydrogen) atoms. The fourth-order valence-electron chi connectivity index (χ4n) is 3.05. The molecule has 0 radical (unpaired) electrons. The molecule has 2 rings (SSSR count). The Hall–Kier alpha value is -1.42. The molecule has 0 unspecified atom stereocenters. The fraction of sp³-hybridized carbons (Fsp3) is 0.647. The molecule has 1 aromatic rings. The number of hydrogen-bond donors (Lipinski definition) is 2. The quantitative estimate of drug-likeness (QED) is 0.842. The molecule has 1 saturated carbocycles. The van der Waals surface area contributed by atoms with Crippen LogP contribution in [-0.2, 0) is 11.3 Å². The number of pyridine rings is 1. The van der Waals surface area contributed by atoms with Crippen molar-refractivity contribution in [1.82, 2.24) is 4.98 Å². The summed E-state index contributed by atoms with van der Waals surface area (Å²) >= 11 is 0. The van der Waals surface area contributed by atoms with E-state index in [2.05, 4.69) is 17.2 Å². The third kappa shape index (κ3) is 4.81. The SMILES string of the molecule is CCCCC1CCC(C(=O)Nc2ccc(CN)cn2)CC1. The average Bonchev–Trinajstić information content (AvgIpc) is 2.54. The minimum absolute atomic E-state index is 0.122. The molecule has 0 bridgehead atoms. The molecular weight excluding hydrogens is 262 g/mol. The van der Waals surface area contributed by atoms with Gasteiger partial charge < -0.3 is 11.1 Å². The Kier molecular flexibility index (Phi) is 6.18. The summed E-state index contributed by atoms with van der Waals surface area (Å²) in [5, 5.41) is 2.93. The van der Waals surface area contributed by atoms with E-state index < -0.39 is 0 Å². The Morgan fingerprint density at radius 1 is 1.33 bits per heavy atom. The van der Waals surface area contributed by atoms with Crippen molar-refractivity contribution in [3.63, 3.8) is 0 Å². The topological polar surface area (TPSA) is 68.0 Å². The van der Waals surface area contributed by atoms with Gasteiger partial charge in [-0.25, -0.2) is 4.98 Å². The zero-order valence-electron chi connectivity index (χ0n) is 13.0. The largest absolute Gasteiger partial charge is 0.326 e. The van der Waals surface area contributed by atoms with Crippen LogP contribution in [0.1, 0.15) is 57.4 Å². The van der Waals surface area contributed by atoms with Crippen molar-refractivity contribution < 1.29 is 4.79 Å². The van der Waals surface area contributed by atoms with Gasteiger partial charge in [-0.15, -0.1) is 0 Å². The predicted molar refractivity (Wildman–Crippen MR) is 85.7 cm³/mol. The van der Waals surface area contributed by atoms with Crippen LogP contribution >= 0.6 is 0 Å². The Bertz CT molecular complexity index is 436. The molecule has 0 saturated heterocycles. The van der Waals surface area contributed by atoms with Crippen LogP contribution < -0.4 is 11.1 Å². The molecule has 0 atom stereocenters. The third-order valence-corrected chi connectivity index (χ3v) is 4.50. The van der Waals surface area contributed by atoms with E-state index in [1.807, 2.05) is 12.1 Å². The Balaban J connectivity index is 1.78. The van der Waals surface area contributed by atoms with Crippen molar-refractivity contribution in [3.8, 4) is 0 Å². The van der Waals surface area contributed by atoms with Crippen LogP contribution in [0.4, 0.5) is 5.82 Å². The highest BCUT2D eigenvalue weighted by Crippen LogP contribution is 2.32. The van der Waals surface area contributed by atoms with Gasteiger partial charge in [0.05, 0.1) is 0 Å². The monoisotopic (exact) mass is 289 g/mol. The number of anilines is 1. The molecule has 116 valence electrons. The lowest BCUT2D eigenvalue weighted by atomic mass is 9.79. The zero-order valence-corrected chi connectivity index (χ0v) is 13.0. The van der Waals surface area contributed by atoms with Crippen LogP contribution in [0.2, 0.25) is 0 Å². The molecule has 1 amide bonds. The molecule has 4 heteroatoms. The maximum Gasteiger partial charge on any atom is 0.228 e. The van der Waals surface area contributed by atoms with Gasteiger partial charge in [0, 0.05) is 18.7 Å². The van der Waals surface area contributed by atoms with E-state index in [9.17, 15) is 4.79 Å². The molecule has 1 aromatic heterocycles. The second kappa shape index (κ2) is 8.13. The molecule has 0 aromatic carbocycles.